The van der Waals surface area contributed by atoms with Crippen molar-refractivity contribution >= 4 is 22.6 Å². The maximum Gasteiger partial charge on any atom is 0.224 e. The van der Waals surface area contributed by atoms with Crippen LogP contribution in [0.2, 0.25) is 0 Å². The van der Waals surface area contributed by atoms with E-state index in [1.54, 1.807) is 18.2 Å². The largest absolute Gasteiger partial charge is 0.326 e. The van der Waals surface area contributed by atoms with Gasteiger partial charge in [-0.25, -0.2) is 4.63 Å². The molecule has 5 heteroatoms. The monoisotopic (exact) mass is 219 g/mol. The maximum atomic E-state index is 11.5. The Morgan fingerprint density at radius 1 is 1.38 bits per heavy atom. The van der Waals surface area contributed by atoms with E-state index in [1.807, 2.05) is 13.8 Å². The van der Waals surface area contributed by atoms with Gasteiger partial charge in [0.05, 0.1) is 0 Å². The van der Waals surface area contributed by atoms with Crippen molar-refractivity contribution in [2.75, 3.05) is 5.32 Å². The molecule has 0 aliphatic rings. The number of carbonyl (C=O) groups excluding carboxylic acids is 1. The first-order valence-corrected chi connectivity index (χ1v) is 5.17. The minimum absolute atomic E-state index is 0.00537. The van der Waals surface area contributed by atoms with Crippen LogP contribution in [-0.2, 0) is 4.79 Å². The average molecular weight is 219 g/mol. The van der Waals surface area contributed by atoms with Gasteiger partial charge in [-0.15, -0.1) is 0 Å². The van der Waals surface area contributed by atoms with Crippen molar-refractivity contribution in [2.45, 2.75) is 20.3 Å². The molecule has 0 atom stereocenters. The van der Waals surface area contributed by atoms with Gasteiger partial charge >= 0.3 is 0 Å². The highest BCUT2D eigenvalue weighted by Gasteiger charge is 2.07. The minimum Gasteiger partial charge on any atom is -0.326 e. The highest BCUT2D eigenvalue weighted by Crippen LogP contribution is 2.16. The summed E-state index contributed by atoms with van der Waals surface area (Å²) in [5.74, 6) is 0.350. The molecule has 0 saturated carbocycles. The van der Waals surface area contributed by atoms with Gasteiger partial charge in [0.15, 0.2) is 0 Å². The van der Waals surface area contributed by atoms with Crippen molar-refractivity contribution in [3.05, 3.63) is 18.2 Å². The Bertz CT molecular complexity index is 505. The number of anilines is 1. The summed E-state index contributed by atoms with van der Waals surface area (Å²) in [5, 5.41) is 10.2. The number of fused-ring (bicyclic) bond motifs is 1. The van der Waals surface area contributed by atoms with Crippen LogP contribution in [0.5, 0.6) is 0 Å². The third-order valence-corrected chi connectivity index (χ3v) is 2.13. The molecule has 0 aliphatic heterocycles. The smallest absolute Gasteiger partial charge is 0.224 e. The van der Waals surface area contributed by atoms with Crippen molar-refractivity contribution in [3.63, 3.8) is 0 Å². The summed E-state index contributed by atoms with van der Waals surface area (Å²) in [6, 6.07) is 5.28. The minimum atomic E-state index is 0.00537. The molecule has 0 fully saturated rings. The molecule has 16 heavy (non-hydrogen) atoms. The van der Waals surface area contributed by atoms with Gasteiger partial charge in [-0.3, -0.25) is 4.79 Å². The average Bonchev–Trinajstić information content (AvgIpc) is 2.63. The van der Waals surface area contributed by atoms with E-state index in [1.165, 1.54) is 0 Å². The Kier molecular flexibility index (Phi) is 2.85. The zero-order chi connectivity index (χ0) is 11.5. The lowest BCUT2D eigenvalue weighted by molar-refractivity contribution is -0.116. The molecule has 84 valence electrons. The first-order valence-electron chi connectivity index (χ1n) is 5.17. The maximum absolute atomic E-state index is 11.5. The van der Waals surface area contributed by atoms with Crippen LogP contribution >= 0.6 is 0 Å². The lowest BCUT2D eigenvalue weighted by Gasteiger charge is -2.06. The number of nitrogens with zero attached hydrogens (tertiary/aromatic N) is 2. The summed E-state index contributed by atoms with van der Waals surface area (Å²) in [4.78, 5) is 11.5. The highest BCUT2D eigenvalue weighted by molar-refractivity contribution is 5.92. The fourth-order valence-corrected chi connectivity index (χ4v) is 1.44. The molecule has 5 nitrogen and oxygen atoms in total. The van der Waals surface area contributed by atoms with Crippen LogP contribution in [-0.4, -0.2) is 16.2 Å². The molecule has 0 unspecified atom stereocenters. The Morgan fingerprint density at radius 2 is 2.12 bits per heavy atom. The first-order chi connectivity index (χ1) is 7.65. The Morgan fingerprint density at radius 3 is 2.88 bits per heavy atom. The molecule has 2 rings (SSSR count). The zero-order valence-electron chi connectivity index (χ0n) is 9.23. The second kappa shape index (κ2) is 4.30. The fourth-order valence-electron chi connectivity index (χ4n) is 1.44. The van der Waals surface area contributed by atoms with E-state index in [-0.39, 0.29) is 5.91 Å². The molecule has 1 heterocycles. The number of benzene rings is 1. The van der Waals surface area contributed by atoms with Gasteiger partial charge in [-0.2, -0.15) is 0 Å². The Balaban J connectivity index is 2.11. The van der Waals surface area contributed by atoms with Gasteiger partial charge < -0.3 is 5.32 Å². The van der Waals surface area contributed by atoms with Gasteiger partial charge in [-0.1, -0.05) is 13.8 Å². The molecule has 1 amide bonds. The topological polar surface area (TPSA) is 68.0 Å². The van der Waals surface area contributed by atoms with Gasteiger partial charge in [0.25, 0.3) is 0 Å². The highest BCUT2D eigenvalue weighted by atomic mass is 16.6. The zero-order valence-corrected chi connectivity index (χ0v) is 9.23. The third kappa shape index (κ3) is 2.36. The van der Waals surface area contributed by atoms with E-state index < -0.39 is 0 Å². The number of hydrogen-bond donors (Lipinski definition) is 1. The summed E-state index contributed by atoms with van der Waals surface area (Å²) in [6.45, 7) is 4.01. The van der Waals surface area contributed by atoms with Crippen molar-refractivity contribution in [1.29, 1.82) is 0 Å². The van der Waals surface area contributed by atoms with Gasteiger partial charge in [-0.05, 0) is 34.4 Å². The predicted molar refractivity (Wildman–Crippen MR) is 59.9 cm³/mol. The van der Waals surface area contributed by atoms with E-state index in [4.69, 9.17) is 0 Å². The molecule has 1 N–H and O–H groups in total. The van der Waals surface area contributed by atoms with Crippen LogP contribution < -0.4 is 5.32 Å². The number of amides is 1. The van der Waals surface area contributed by atoms with E-state index in [9.17, 15) is 4.79 Å². The molecule has 1 aromatic heterocycles. The van der Waals surface area contributed by atoms with Crippen LogP contribution in [0.3, 0.4) is 0 Å². The third-order valence-electron chi connectivity index (χ3n) is 2.13. The number of nitrogens with one attached hydrogen (secondary N) is 1. The summed E-state index contributed by atoms with van der Waals surface area (Å²) in [5.41, 5.74) is 2.04. The van der Waals surface area contributed by atoms with Crippen molar-refractivity contribution < 1.29 is 9.42 Å². The van der Waals surface area contributed by atoms with Crippen LogP contribution in [0, 0.1) is 5.92 Å². The number of rotatable bonds is 3. The lowest BCUT2D eigenvalue weighted by atomic mass is 10.1. The van der Waals surface area contributed by atoms with E-state index in [2.05, 4.69) is 20.3 Å². The van der Waals surface area contributed by atoms with Gasteiger partial charge in [0.2, 0.25) is 5.91 Å². The van der Waals surface area contributed by atoms with Crippen LogP contribution in [0.4, 0.5) is 5.69 Å². The SMILES string of the molecule is CC(C)CC(=O)Nc1ccc2nonc2c1. The molecule has 0 radical (unpaired) electrons. The second-order valence-electron chi connectivity index (χ2n) is 4.11. The van der Waals surface area contributed by atoms with E-state index in [0.717, 1.165) is 0 Å². The quantitative estimate of drug-likeness (QED) is 0.859. The number of hydrogen-bond acceptors (Lipinski definition) is 4. The van der Waals surface area contributed by atoms with Crippen LogP contribution in [0.15, 0.2) is 22.8 Å². The standard InChI is InChI=1S/C11H13N3O2/c1-7(2)5-11(15)12-8-3-4-9-10(6-8)14-16-13-9/h3-4,6-7H,5H2,1-2H3,(H,12,15). The van der Waals surface area contributed by atoms with Gasteiger partial charge in [0, 0.05) is 12.1 Å². The molecule has 2 aromatic rings. The number of aromatic nitrogens is 2. The van der Waals surface area contributed by atoms with E-state index in [0.29, 0.717) is 29.1 Å². The van der Waals surface area contributed by atoms with Gasteiger partial charge in [0.1, 0.15) is 11.0 Å². The molecule has 1 aromatic carbocycles. The summed E-state index contributed by atoms with van der Waals surface area (Å²) in [7, 11) is 0. The fraction of sp³-hybridized carbons (Fsp3) is 0.364. The van der Waals surface area contributed by atoms with Crippen LogP contribution in [0.25, 0.3) is 11.0 Å². The molecular formula is C11H13N3O2. The van der Waals surface area contributed by atoms with Crippen molar-refractivity contribution in [2.24, 2.45) is 5.92 Å². The second-order valence-corrected chi connectivity index (χ2v) is 4.11. The van der Waals surface area contributed by atoms with Crippen LogP contribution in [0.1, 0.15) is 20.3 Å². The molecule has 0 spiro atoms. The Labute approximate surface area is 92.8 Å². The Hall–Kier alpha value is -1.91. The summed E-state index contributed by atoms with van der Waals surface area (Å²) < 4.78 is 4.58. The molecule has 0 aliphatic carbocycles. The lowest BCUT2D eigenvalue weighted by Crippen LogP contribution is -2.13. The van der Waals surface area contributed by atoms with Crippen molar-refractivity contribution in [1.82, 2.24) is 10.3 Å². The number of carbonyl (C=O) groups is 1. The molecule has 0 saturated heterocycles. The predicted octanol–water partition coefficient (Wildman–Crippen LogP) is 2.21. The summed E-state index contributed by atoms with van der Waals surface area (Å²) in [6.07, 6.45) is 0.509. The normalized spacial score (nSPS) is 10.9. The summed E-state index contributed by atoms with van der Waals surface area (Å²) >= 11 is 0. The van der Waals surface area contributed by atoms with Crippen molar-refractivity contribution in [3.8, 4) is 0 Å². The molecular weight excluding hydrogens is 206 g/mol. The van der Waals surface area contributed by atoms with E-state index >= 15 is 0 Å². The molecule has 0 bridgehead atoms. The first kappa shape index (κ1) is 10.6.